The molecule has 0 bridgehead atoms. The highest BCUT2D eigenvalue weighted by atomic mass is 32.2. The number of hydrogen-bond acceptors (Lipinski definition) is 4. The van der Waals surface area contributed by atoms with Crippen LogP contribution >= 0.6 is 0 Å². The number of likely N-dealkylation sites (tertiary alicyclic amines) is 1. The highest BCUT2D eigenvalue weighted by Gasteiger charge is 2.32. The third-order valence-electron chi connectivity index (χ3n) is 5.16. The van der Waals surface area contributed by atoms with E-state index in [1.807, 2.05) is 18.2 Å². The van der Waals surface area contributed by atoms with Crippen LogP contribution in [0, 0.1) is 5.41 Å². The van der Waals surface area contributed by atoms with E-state index in [0.29, 0.717) is 12.1 Å². The summed E-state index contributed by atoms with van der Waals surface area (Å²) in [5.41, 5.74) is 2.48. The first-order valence-electron chi connectivity index (χ1n) is 9.04. The lowest BCUT2D eigenvalue weighted by atomic mass is 9.89. The molecule has 1 aliphatic heterocycles. The van der Waals surface area contributed by atoms with Crippen molar-refractivity contribution < 1.29 is 13.2 Å². The van der Waals surface area contributed by atoms with Crippen LogP contribution in [0.25, 0.3) is 11.1 Å². The van der Waals surface area contributed by atoms with Crippen molar-refractivity contribution in [3.05, 3.63) is 54.1 Å². The molecule has 1 aliphatic rings. The second kappa shape index (κ2) is 7.44. The van der Waals surface area contributed by atoms with Crippen LogP contribution in [0.3, 0.4) is 0 Å². The fourth-order valence-corrected chi connectivity index (χ4v) is 4.18. The molecule has 1 amide bonds. The predicted molar refractivity (Wildman–Crippen MR) is 108 cm³/mol. The highest BCUT2D eigenvalue weighted by Crippen LogP contribution is 2.28. The number of sulfone groups is 1. The summed E-state index contributed by atoms with van der Waals surface area (Å²) in [7, 11) is -1.11. The molecule has 1 heterocycles. The van der Waals surface area contributed by atoms with Crippen LogP contribution < -0.4 is 5.32 Å². The summed E-state index contributed by atoms with van der Waals surface area (Å²) in [6.45, 7) is 4.91. The van der Waals surface area contributed by atoms with Crippen molar-refractivity contribution in [3.8, 4) is 11.1 Å². The minimum Gasteiger partial charge on any atom is -0.351 e. The molecule has 0 radical (unpaired) electrons. The molecule has 144 valence electrons. The van der Waals surface area contributed by atoms with Gasteiger partial charge in [-0.2, -0.15) is 0 Å². The Hall–Kier alpha value is -2.18. The summed E-state index contributed by atoms with van der Waals surface area (Å²) in [5.74, 6) is -0.0830. The molecule has 2 aromatic carbocycles. The molecule has 27 heavy (non-hydrogen) atoms. The van der Waals surface area contributed by atoms with Crippen LogP contribution in [0.1, 0.15) is 23.7 Å². The molecule has 0 spiro atoms. The monoisotopic (exact) mass is 386 g/mol. The van der Waals surface area contributed by atoms with Gasteiger partial charge < -0.3 is 10.2 Å². The van der Waals surface area contributed by atoms with E-state index in [0.717, 1.165) is 30.6 Å². The predicted octanol–water partition coefficient (Wildman–Crippen LogP) is 2.83. The van der Waals surface area contributed by atoms with Crippen molar-refractivity contribution in [2.45, 2.75) is 18.2 Å². The molecule has 2 aromatic rings. The Bertz CT molecular complexity index is 938. The minimum atomic E-state index is -3.22. The van der Waals surface area contributed by atoms with E-state index < -0.39 is 9.84 Å². The number of carbonyl (C=O) groups excluding carboxylic acids is 1. The number of nitrogens with one attached hydrogen (secondary N) is 1. The smallest absolute Gasteiger partial charge is 0.251 e. The molecule has 0 saturated carbocycles. The quantitative estimate of drug-likeness (QED) is 0.858. The van der Waals surface area contributed by atoms with E-state index in [1.54, 1.807) is 30.3 Å². The maximum Gasteiger partial charge on any atom is 0.251 e. The second-order valence-electron chi connectivity index (χ2n) is 7.86. The van der Waals surface area contributed by atoms with E-state index in [4.69, 9.17) is 0 Å². The van der Waals surface area contributed by atoms with Crippen molar-refractivity contribution in [1.82, 2.24) is 10.2 Å². The average molecular weight is 387 g/mol. The van der Waals surface area contributed by atoms with Gasteiger partial charge in [0.05, 0.1) is 4.90 Å². The van der Waals surface area contributed by atoms with Crippen LogP contribution in [0.15, 0.2) is 53.4 Å². The fourth-order valence-electron chi connectivity index (χ4n) is 3.55. The summed E-state index contributed by atoms with van der Waals surface area (Å²) in [6.07, 6.45) is 2.27. The second-order valence-corrected chi connectivity index (χ2v) is 9.87. The summed E-state index contributed by atoms with van der Waals surface area (Å²) >= 11 is 0. The Kier molecular flexibility index (Phi) is 5.40. The van der Waals surface area contributed by atoms with Crippen molar-refractivity contribution in [1.29, 1.82) is 0 Å². The maximum atomic E-state index is 12.6. The van der Waals surface area contributed by atoms with Crippen LogP contribution in [0.5, 0.6) is 0 Å². The lowest BCUT2D eigenvalue weighted by Crippen LogP contribution is -2.37. The standard InChI is InChI=1S/C21H26N2O3S/c1-21(11-12-23(2)15-21)14-22-20(24)18-6-4-5-17(13-18)16-7-9-19(10-8-16)27(3,25)26/h4-10,13H,11-12,14-15H2,1-3H3,(H,22,24)/t21-/m1/s1. The Morgan fingerprint density at radius 1 is 1.15 bits per heavy atom. The van der Waals surface area contributed by atoms with Crippen LogP contribution in [-0.2, 0) is 9.84 Å². The molecule has 5 nitrogen and oxygen atoms in total. The highest BCUT2D eigenvalue weighted by molar-refractivity contribution is 7.90. The number of hydrogen-bond donors (Lipinski definition) is 1. The summed E-state index contributed by atoms with van der Waals surface area (Å²) in [6, 6.07) is 14.1. The zero-order valence-corrected chi connectivity index (χ0v) is 16.8. The Morgan fingerprint density at radius 2 is 1.85 bits per heavy atom. The van der Waals surface area contributed by atoms with Gasteiger partial charge in [0.2, 0.25) is 0 Å². The van der Waals surface area contributed by atoms with Crippen LogP contribution in [0.2, 0.25) is 0 Å². The summed E-state index contributed by atoms with van der Waals surface area (Å²) in [5, 5.41) is 3.06. The molecule has 0 aliphatic carbocycles. The number of nitrogens with zero attached hydrogens (tertiary/aromatic N) is 1. The first-order chi connectivity index (χ1) is 12.7. The van der Waals surface area contributed by atoms with Gasteiger partial charge in [-0.25, -0.2) is 8.42 Å². The van der Waals surface area contributed by atoms with Gasteiger partial charge in [0, 0.05) is 24.9 Å². The Labute approximate surface area is 161 Å². The van der Waals surface area contributed by atoms with Crippen molar-refractivity contribution in [2.75, 3.05) is 32.9 Å². The van der Waals surface area contributed by atoms with Crippen molar-refractivity contribution >= 4 is 15.7 Å². The van der Waals surface area contributed by atoms with Crippen molar-refractivity contribution in [3.63, 3.8) is 0 Å². The lowest BCUT2D eigenvalue weighted by molar-refractivity contribution is 0.0935. The SMILES string of the molecule is CN1CC[C@](C)(CNC(=O)c2cccc(-c3ccc(S(C)(=O)=O)cc3)c2)C1. The first-order valence-corrected chi connectivity index (χ1v) is 10.9. The Balaban J connectivity index is 1.72. The molecular weight excluding hydrogens is 360 g/mol. The molecule has 0 aromatic heterocycles. The normalized spacial score (nSPS) is 20.6. The van der Waals surface area contributed by atoms with Gasteiger partial charge >= 0.3 is 0 Å². The molecule has 1 fully saturated rings. The fraction of sp³-hybridized carbons (Fsp3) is 0.381. The topological polar surface area (TPSA) is 66.5 Å². The van der Waals surface area contributed by atoms with Gasteiger partial charge in [-0.15, -0.1) is 0 Å². The zero-order valence-electron chi connectivity index (χ0n) is 16.0. The largest absolute Gasteiger partial charge is 0.351 e. The first kappa shape index (κ1) is 19.6. The molecular formula is C21H26N2O3S. The molecule has 6 heteroatoms. The average Bonchev–Trinajstić information content (AvgIpc) is 2.98. The van der Waals surface area contributed by atoms with E-state index in [-0.39, 0.29) is 16.2 Å². The van der Waals surface area contributed by atoms with Gasteiger partial charge in [0.25, 0.3) is 5.91 Å². The van der Waals surface area contributed by atoms with Gasteiger partial charge in [-0.05, 0) is 60.8 Å². The third kappa shape index (κ3) is 4.76. The van der Waals surface area contributed by atoms with E-state index >= 15 is 0 Å². The van der Waals surface area contributed by atoms with Crippen LogP contribution in [0.4, 0.5) is 0 Å². The summed E-state index contributed by atoms with van der Waals surface area (Å²) in [4.78, 5) is 15.2. The Morgan fingerprint density at radius 3 is 2.44 bits per heavy atom. The maximum absolute atomic E-state index is 12.6. The van der Waals surface area contributed by atoms with Gasteiger partial charge in [0.15, 0.2) is 9.84 Å². The van der Waals surface area contributed by atoms with Crippen LogP contribution in [-0.4, -0.2) is 52.2 Å². The molecule has 0 unspecified atom stereocenters. The van der Waals surface area contributed by atoms with E-state index in [9.17, 15) is 13.2 Å². The van der Waals surface area contributed by atoms with E-state index in [2.05, 4.69) is 24.2 Å². The number of amides is 1. The molecule has 1 N–H and O–H groups in total. The van der Waals surface area contributed by atoms with Gasteiger partial charge in [-0.1, -0.05) is 31.2 Å². The minimum absolute atomic E-state index is 0.0830. The van der Waals surface area contributed by atoms with Crippen molar-refractivity contribution in [2.24, 2.45) is 5.41 Å². The van der Waals surface area contributed by atoms with Gasteiger partial charge in [-0.3, -0.25) is 4.79 Å². The molecule has 1 atom stereocenters. The number of benzene rings is 2. The molecule has 1 saturated heterocycles. The molecule has 3 rings (SSSR count). The van der Waals surface area contributed by atoms with Gasteiger partial charge in [0.1, 0.15) is 0 Å². The van der Waals surface area contributed by atoms with E-state index in [1.165, 1.54) is 6.26 Å². The number of rotatable bonds is 5. The summed E-state index contributed by atoms with van der Waals surface area (Å²) < 4.78 is 23.2. The zero-order chi connectivity index (χ0) is 19.7. The lowest BCUT2D eigenvalue weighted by Gasteiger charge is -2.24. The number of carbonyl (C=O) groups is 1. The third-order valence-corrected chi connectivity index (χ3v) is 6.29.